The minimum atomic E-state index is -0.233. The molecule has 5 nitrogen and oxygen atoms in total. The second-order valence-corrected chi connectivity index (χ2v) is 3.87. The van der Waals surface area contributed by atoms with Gasteiger partial charge in [-0.3, -0.25) is 14.7 Å². The quantitative estimate of drug-likeness (QED) is 0.681. The molecular weight excluding hydrogens is 230 g/mol. The highest BCUT2D eigenvalue weighted by molar-refractivity contribution is 5.69. The van der Waals surface area contributed by atoms with Gasteiger partial charge in [0.1, 0.15) is 0 Å². The van der Waals surface area contributed by atoms with Gasteiger partial charge < -0.3 is 4.74 Å². The van der Waals surface area contributed by atoms with Crippen molar-refractivity contribution in [2.45, 2.75) is 19.4 Å². The molecular formula is C13H17N3O2. The average molecular weight is 247 g/mol. The predicted molar refractivity (Wildman–Crippen MR) is 66.4 cm³/mol. The van der Waals surface area contributed by atoms with Crippen molar-refractivity contribution in [1.82, 2.24) is 9.88 Å². The number of aromatic nitrogens is 1. The summed E-state index contributed by atoms with van der Waals surface area (Å²) in [6, 6.07) is 5.96. The fraction of sp³-hybridized carbons (Fsp3) is 0.462. The lowest BCUT2D eigenvalue weighted by molar-refractivity contribution is -0.141. The smallest absolute Gasteiger partial charge is 0.306 e. The summed E-state index contributed by atoms with van der Waals surface area (Å²) in [5, 5.41) is 8.62. The molecule has 0 saturated carbocycles. The van der Waals surface area contributed by atoms with Gasteiger partial charge in [-0.2, -0.15) is 5.26 Å². The molecule has 0 bridgehead atoms. The number of ether oxygens (including phenoxy) is 1. The summed E-state index contributed by atoms with van der Waals surface area (Å²) in [5.74, 6) is -0.233. The zero-order valence-corrected chi connectivity index (χ0v) is 10.5. The van der Waals surface area contributed by atoms with Crippen molar-refractivity contribution in [3.05, 3.63) is 30.1 Å². The lowest BCUT2D eigenvalue weighted by Gasteiger charge is -2.20. The molecule has 1 heterocycles. The summed E-state index contributed by atoms with van der Waals surface area (Å²) < 4.78 is 4.61. The van der Waals surface area contributed by atoms with Crippen LogP contribution in [0.15, 0.2) is 24.5 Å². The maximum Gasteiger partial charge on any atom is 0.306 e. The molecule has 0 spiro atoms. The number of nitrogens with zero attached hydrogens (tertiary/aromatic N) is 3. The van der Waals surface area contributed by atoms with Gasteiger partial charge in [0, 0.05) is 38.4 Å². The van der Waals surface area contributed by atoms with Crippen LogP contribution in [0.3, 0.4) is 0 Å². The molecule has 0 aromatic carbocycles. The molecule has 0 amide bonds. The second-order valence-electron chi connectivity index (χ2n) is 3.87. The summed E-state index contributed by atoms with van der Waals surface area (Å²) in [5.41, 5.74) is 1.07. The maximum absolute atomic E-state index is 11.1. The zero-order valence-electron chi connectivity index (χ0n) is 10.5. The van der Waals surface area contributed by atoms with Gasteiger partial charge >= 0.3 is 5.97 Å². The molecule has 5 heteroatoms. The van der Waals surface area contributed by atoms with Gasteiger partial charge in [-0.15, -0.1) is 0 Å². The van der Waals surface area contributed by atoms with Crippen molar-refractivity contribution in [3.63, 3.8) is 0 Å². The molecule has 0 radical (unpaired) electrons. The highest BCUT2D eigenvalue weighted by atomic mass is 16.5. The Hall–Kier alpha value is -1.93. The van der Waals surface area contributed by atoms with E-state index in [-0.39, 0.29) is 5.97 Å². The van der Waals surface area contributed by atoms with Crippen LogP contribution in [-0.2, 0) is 16.1 Å². The van der Waals surface area contributed by atoms with E-state index in [9.17, 15) is 4.79 Å². The minimum absolute atomic E-state index is 0.233. The van der Waals surface area contributed by atoms with Gasteiger partial charge in [-0.05, 0) is 11.6 Å². The van der Waals surface area contributed by atoms with E-state index in [1.165, 1.54) is 7.11 Å². The van der Waals surface area contributed by atoms with Crippen molar-refractivity contribution in [2.75, 3.05) is 20.2 Å². The second kappa shape index (κ2) is 8.20. The highest BCUT2D eigenvalue weighted by Crippen LogP contribution is 2.04. The number of carbonyl (C=O) groups is 1. The van der Waals surface area contributed by atoms with Crippen LogP contribution in [-0.4, -0.2) is 36.1 Å². The standard InChI is InChI=1S/C13H17N3O2/c1-18-13(17)5-9-16(8-3-6-14)11-12-4-2-7-15-10-12/h2,4,7,10H,3,5,8-9,11H2,1H3. The van der Waals surface area contributed by atoms with Gasteiger partial charge in [0.15, 0.2) is 0 Å². The fourth-order valence-electron chi connectivity index (χ4n) is 1.58. The lowest BCUT2D eigenvalue weighted by Crippen LogP contribution is -2.27. The van der Waals surface area contributed by atoms with Crippen LogP contribution in [0.2, 0.25) is 0 Å². The Morgan fingerprint density at radius 2 is 2.39 bits per heavy atom. The molecule has 0 saturated heterocycles. The summed E-state index contributed by atoms with van der Waals surface area (Å²) in [6.07, 6.45) is 4.29. The normalized spacial score (nSPS) is 10.1. The first kappa shape index (κ1) is 14.1. The molecule has 1 aromatic heterocycles. The molecule has 0 aliphatic carbocycles. The summed E-state index contributed by atoms with van der Waals surface area (Å²) >= 11 is 0. The van der Waals surface area contributed by atoms with Crippen molar-refractivity contribution in [3.8, 4) is 6.07 Å². The van der Waals surface area contributed by atoms with Crippen molar-refractivity contribution < 1.29 is 9.53 Å². The molecule has 0 aliphatic rings. The number of hydrogen-bond acceptors (Lipinski definition) is 5. The van der Waals surface area contributed by atoms with Crippen LogP contribution in [0, 0.1) is 11.3 Å². The molecule has 0 atom stereocenters. The van der Waals surface area contributed by atoms with E-state index in [1.54, 1.807) is 12.4 Å². The molecule has 18 heavy (non-hydrogen) atoms. The van der Waals surface area contributed by atoms with Crippen molar-refractivity contribution >= 4 is 5.97 Å². The molecule has 0 aliphatic heterocycles. The van der Waals surface area contributed by atoms with Gasteiger partial charge in [0.25, 0.3) is 0 Å². The topological polar surface area (TPSA) is 66.2 Å². The summed E-state index contributed by atoms with van der Waals surface area (Å²) in [7, 11) is 1.38. The summed E-state index contributed by atoms with van der Waals surface area (Å²) in [6.45, 7) is 1.91. The number of esters is 1. The zero-order chi connectivity index (χ0) is 13.2. The number of hydrogen-bond donors (Lipinski definition) is 0. The maximum atomic E-state index is 11.1. The molecule has 1 rings (SSSR count). The number of nitriles is 1. The van der Waals surface area contributed by atoms with Gasteiger partial charge in [-0.1, -0.05) is 6.07 Å². The minimum Gasteiger partial charge on any atom is -0.469 e. The van der Waals surface area contributed by atoms with E-state index in [2.05, 4.69) is 20.7 Å². The first-order valence-corrected chi connectivity index (χ1v) is 5.81. The van der Waals surface area contributed by atoms with Crippen LogP contribution < -0.4 is 0 Å². The van der Waals surface area contributed by atoms with E-state index >= 15 is 0 Å². The van der Waals surface area contributed by atoms with Crippen LogP contribution in [0.4, 0.5) is 0 Å². The SMILES string of the molecule is COC(=O)CCN(CCC#N)Cc1cccnc1. The lowest BCUT2D eigenvalue weighted by atomic mass is 10.2. The Balaban J connectivity index is 2.50. The van der Waals surface area contributed by atoms with E-state index < -0.39 is 0 Å². The molecule has 0 fully saturated rings. The van der Waals surface area contributed by atoms with Crippen molar-refractivity contribution in [2.24, 2.45) is 0 Å². The Bertz CT molecular complexity index is 400. The first-order valence-electron chi connectivity index (χ1n) is 5.81. The van der Waals surface area contributed by atoms with Crippen LogP contribution in [0.1, 0.15) is 18.4 Å². The third-order valence-electron chi connectivity index (χ3n) is 2.53. The van der Waals surface area contributed by atoms with Gasteiger partial charge in [0.2, 0.25) is 0 Å². The van der Waals surface area contributed by atoms with E-state index in [4.69, 9.17) is 5.26 Å². The van der Waals surface area contributed by atoms with E-state index in [0.29, 0.717) is 32.5 Å². The Morgan fingerprint density at radius 3 is 3.00 bits per heavy atom. The Kier molecular flexibility index (Phi) is 6.44. The largest absolute Gasteiger partial charge is 0.469 e. The molecule has 0 unspecified atom stereocenters. The first-order chi connectivity index (χ1) is 8.76. The number of methoxy groups -OCH3 is 1. The molecule has 96 valence electrons. The third kappa shape index (κ3) is 5.41. The summed E-state index contributed by atoms with van der Waals surface area (Å²) in [4.78, 5) is 17.2. The van der Waals surface area contributed by atoms with Gasteiger partial charge in [-0.25, -0.2) is 0 Å². The van der Waals surface area contributed by atoms with Crippen LogP contribution in [0.25, 0.3) is 0 Å². The van der Waals surface area contributed by atoms with E-state index in [1.807, 2.05) is 12.1 Å². The molecule has 0 N–H and O–H groups in total. The van der Waals surface area contributed by atoms with Crippen LogP contribution in [0.5, 0.6) is 0 Å². The fourth-order valence-corrected chi connectivity index (χ4v) is 1.58. The number of rotatable bonds is 7. The Labute approximate surface area is 107 Å². The van der Waals surface area contributed by atoms with Gasteiger partial charge in [0.05, 0.1) is 19.6 Å². The Morgan fingerprint density at radius 1 is 1.56 bits per heavy atom. The van der Waals surface area contributed by atoms with Crippen LogP contribution >= 0.6 is 0 Å². The average Bonchev–Trinajstić information content (AvgIpc) is 2.42. The van der Waals surface area contributed by atoms with Crippen molar-refractivity contribution in [1.29, 1.82) is 5.26 Å². The monoisotopic (exact) mass is 247 g/mol. The molecule has 1 aromatic rings. The number of carbonyl (C=O) groups excluding carboxylic acids is 1. The number of pyridine rings is 1. The van der Waals surface area contributed by atoms with E-state index in [0.717, 1.165) is 5.56 Å². The third-order valence-corrected chi connectivity index (χ3v) is 2.53. The predicted octanol–water partition coefficient (Wildman–Crippen LogP) is 1.36. The highest BCUT2D eigenvalue weighted by Gasteiger charge is 2.09.